The third-order valence-corrected chi connectivity index (χ3v) is 3.85. The predicted octanol–water partition coefficient (Wildman–Crippen LogP) is 3.47. The number of nitrogens with one attached hydrogen (secondary N) is 1. The molecule has 0 saturated carbocycles. The van der Waals surface area contributed by atoms with E-state index in [9.17, 15) is 0 Å². The number of benzene rings is 1. The Bertz CT molecular complexity index is 297. The largest absolute Gasteiger partial charge is 0.312 e. The fraction of sp³-hybridized carbons (Fsp3) is 0.571. The summed E-state index contributed by atoms with van der Waals surface area (Å²) in [6, 6.07) is 8.57. The SMILES string of the molecule is Cc1ccccc1CNCCSCC(C)C. The lowest BCUT2D eigenvalue weighted by Gasteiger charge is -2.08. The van der Waals surface area contributed by atoms with Crippen LogP contribution in [0.15, 0.2) is 24.3 Å². The summed E-state index contributed by atoms with van der Waals surface area (Å²) in [5, 5.41) is 3.50. The van der Waals surface area contributed by atoms with Crippen LogP contribution in [0.3, 0.4) is 0 Å². The molecule has 0 fully saturated rings. The Morgan fingerprint density at radius 2 is 2.00 bits per heavy atom. The highest BCUT2D eigenvalue weighted by Gasteiger charge is 1.97. The Morgan fingerprint density at radius 1 is 1.25 bits per heavy atom. The maximum atomic E-state index is 3.50. The molecule has 0 atom stereocenters. The second kappa shape index (κ2) is 7.75. The highest BCUT2D eigenvalue weighted by molar-refractivity contribution is 7.99. The molecule has 0 amide bonds. The molecule has 16 heavy (non-hydrogen) atoms. The summed E-state index contributed by atoms with van der Waals surface area (Å²) < 4.78 is 0. The molecule has 90 valence electrons. The van der Waals surface area contributed by atoms with Crippen molar-refractivity contribution in [1.82, 2.24) is 5.32 Å². The smallest absolute Gasteiger partial charge is 0.0208 e. The van der Waals surface area contributed by atoms with E-state index in [1.165, 1.54) is 22.6 Å². The summed E-state index contributed by atoms with van der Waals surface area (Å²) in [5.41, 5.74) is 2.79. The highest BCUT2D eigenvalue weighted by Crippen LogP contribution is 2.07. The van der Waals surface area contributed by atoms with Gasteiger partial charge in [0.05, 0.1) is 0 Å². The van der Waals surface area contributed by atoms with E-state index in [-0.39, 0.29) is 0 Å². The van der Waals surface area contributed by atoms with E-state index < -0.39 is 0 Å². The van der Waals surface area contributed by atoms with Crippen LogP contribution in [-0.2, 0) is 6.54 Å². The molecule has 2 heteroatoms. The zero-order valence-electron chi connectivity index (χ0n) is 10.6. The van der Waals surface area contributed by atoms with Crippen LogP contribution in [0.2, 0.25) is 0 Å². The molecule has 1 aromatic carbocycles. The van der Waals surface area contributed by atoms with Crippen molar-refractivity contribution in [2.75, 3.05) is 18.1 Å². The first-order valence-corrected chi connectivity index (χ1v) is 7.18. The zero-order valence-corrected chi connectivity index (χ0v) is 11.4. The van der Waals surface area contributed by atoms with Crippen molar-refractivity contribution in [2.45, 2.75) is 27.3 Å². The molecule has 0 saturated heterocycles. The maximum absolute atomic E-state index is 3.50. The van der Waals surface area contributed by atoms with Gasteiger partial charge in [-0.2, -0.15) is 11.8 Å². The summed E-state index contributed by atoms with van der Waals surface area (Å²) in [7, 11) is 0. The predicted molar refractivity (Wildman–Crippen MR) is 75.0 cm³/mol. The molecule has 1 nitrogen and oxygen atoms in total. The molecule has 1 aromatic rings. The summed E-state index contributed by atoms with van der Waals surface area (Å²) in [6.45, 7) is 8.81. The van der Waals surface area contributed by atoms with E-state index in [2.05, 4.69) is 50.4 Å². The summed E-state index contributed by atoms with van der Waals surface area (Å²) >= 11 is 2.04. The molecule has 0 spiro atoms. The lowest BCUT2D eigenvalue weighted by atomic mass is 10.1. The Morgan fingerprint density at radius 3 is 2.69 bits per heavy atom. The summed E-state index contributed by atoms with van der Waals surface area (Å²) in [4.78, 5) is 0. The molecule has 0 aliphatic rings. The Hall–Kier alpha value is -0.470. The average Bonchev–Trinajstić information content (AvgIpc) is 2.25. The minimum absolute atomic E-state index is 0.807. The number of aryl methyl sites for hydroxylation is 1. The molecule has 0 heterocycles. The van der Waals surface area contributed by atoms with E-state index >= 15 is 0 Å². The lowest BCUT2D eigenvalue weighted by molar-refractivity contribution is 0.723. The van der Waals surface area contributed by atoms with Crippen LogP contribution in [-0.4, -0.2) is 18.1 Å². The van der Waals surface area contributed by atoms with Gasteiger partial charge in [0.25, 0.3) is 0 Å². The van der Waals surface area contributed by atoms with Crippen molar-refractivity contribution in [2.24, 2.45) is 5.92 Å². The van der Waals surface area contributed by atoms with Crippen LogP contribution in [0.25, 0.3) is 0 Å². The summed E-state index contributed by atoms with van der Waals surface area (Å²) in [5.74, 6) is 3.29. The second-order valence-corrected chi connectivity index (χ2v) is 5.72. The van der Waals surface area contributed by atoms with Gasteiger partial charge in [0, 0.05) is 18.8 Å². The quantitative estimate of drug-likeness (QED) is 0.729. The minimum atomic E-state index is 0.807. The normalized spacial score (nSPS) is 11.0. The molecule has 1 rings (SSSR count). The van der Waals surface area contributed by atoms with E-state index in [1.807, 2.05) is 11.8 Å². The Kier molecular flexibility index (Phi) is 6.58. The van der Waals surface area contributed by atoms with E-state index in [1.54, 1.807) is 0 Å². The van der Waals surface area contributed by atoms with E-state index in [0.29, 0.717) is 0 Å². The monoisotopic (exact) mass is 237 g/mol. The molecule has 0 unspecified atom stereocenters. The van der Waals surface area contributed by atoms with Gasteiger partial charge in [0.2, 0.25) is 0 Å². The van der Waals surface area contributed by atoms with Gasteiger partial charge in [-0.25, -0.2) is 0 Å². The van der Waals surface area contributed by atoms with Crippen molar-refractivity contribution in [3.8, 4) is 0 Å². The van der Waals surface area contributed by atoms with Gasteiger partial charge in [-0.05, 0) is 29.7 Å². The molecule has 1 N–H and O–H groups in total. The second-order valence-electron chi connectivity index (χ2n) is 4.57. The molecule has 0 bridgehead atoms. The van der Waals surface area contributed by atoms with Crippen molar-refractivity contribution in [3.05, 3.63) is 35.4 Å². The van der Waals surface area contributed by atoms with Crippen LogP contribution in [0.5, 0.6) is 0 Å². The van der Waals surface area contributed by atoms with Gasteiger partial charge in [0.1, 0.15) is 0 Å². The third-order valence-electron chi connectivity index (χ3n) is 2.45. The van der Waals surface area contributed by atoms with Crippen LogP contribution >= 0.6 is 11.8 Å². The molecular weight excluding hydrogens is 214 g/mol. The zero-order chi connectivity index (χ0) is 11.8. The fourth-order valence-corrected chi connectivity index (χ4v) is 2.42. The highest BCUT2D eigenvalue weighted by atomic mass is 32.2. The van der Waals surface area contributed by atoms with Crippen LogP contribution < -0.4 is 5.32 Å². The molecule has 0 radical (unpaired) electrons. The Labute approximate surface area is 104 Å². The number of thioether (sulfide) groups is 1. The van der Waals surface area contributed by atoms with Crippen LogP contribution in [0, 0.1) is 12.8 Å². The van der Waals surface area contributed by atoms with Gasteiger partial charge < -0.3 is 5.32 Å². The van der Waals surface area contributed by atoms with Crippen molar-refractivity contribution in [3.63, 3.8) is 0 Å². The van der Waals surface area contributed by atoms with Gasteiger partial charge in [-0.1, -0.05) is 38.1 Å². The van der Waals surface area contributed by atoms with Crippen molar-refractivity contribution in [1.29, 1.82) is 0 Å². The number of rotatable bonds is 7. The van der Waals surface area contributed by atoms with Crippen LogP contribution in [0.4, 0.5) is 0 Å². The number of hydrogen-bond acceptors (Lipinski definition) is 2. The molecular formula is C14H23NS. The topological polar surface area (TPSA) is 12.0 Å². The first kappa shape index (κ1) is 13.6. The lowest BCUT2D eigenvalue weighted by Crippen LogP contribution is -2.17. The Balaban J connectivity index is 2.10. The maximum Gasteiger partial charge on any atom is 0.0208 e. The molecule has 0 aromatic heterocycles. The van der Waals surface area contributed by atoms with E-state index in [4.69, 9.17) is 0 Å². The average molecular weight is 237 g/mol. The molecule has 0 aliphatic heterocycles. The fourth-order valence-electron chi connectivity index (χ4n) is 1.49. The van der Waals surface area contributed by atoms with Gasteiger partial charge in [-0.15, -0.1) is 0 Å². The standard InChI is InChI=1S/C14H23NS/c1-12(2)11-16-9-8-15-10-14-7-5-4-6-13(14)3/h4-7,12,15H,8-11H2,1-3H3. The van der Waals surface area contributed by atoms with Gasteiger partial charge in [0.15, 0.2) is 0 Å². The third kappa shape index (κ3) is 5.57. The van der Waals surface area contributed by atoms with Crippen LogP contribution in [0.1, 0.15) is 25.0 Å². The first-order valence-electron chi connectivity index (χ1n) is 6.03. The van der Waals surface area contributed by atoms with E-state index in [0.717, 1.165) is 19.0 Å². The molecule has 0 aliphatic carbocycles. The van der Waals surface area contributed by atoms with Crippen molar-refractivity contribution >= 4 is 11.8 Å². The van der Waals surface area contributed by atoms with Gasteiger partial charge in [-0.3, -0.25) is 0 Å². The number of hydrogen-bond donors (Lipinski definition) is 1. The first-order chi connectivity index (χ1) is 7.70. The van der Waals surface area contributed by atoms with Crippen molar-refractivity contribution < 1.29 is 0 Å². The minimum Gasteiger partial charge on any atom is -0.312 e. The van der Waals surface area contributed by atoms with Gasteiger partial charge >= 0.3 is 0 Å². The summed E-state index contributed by atoms with van der Waals surface area (Å²) in [6.07, 6.45) is 0.